The molecule has 0 aliphatic heterocycles. The Kier molecular flexibility index (Phi) is 5.21. The highest BCUT2D eigenvalue weighted by molar-refractivity contribution is 7.80. The first-order valence-electron chi connectivity index (χ1n) is 5.10. The predicted octanol–water partition coefficient (Wildman–Crippen LogP) is 0.373. The van der Waals surface area contributed by atoms with Gasteiger partial charge in [-0.15, -0.1) is 0 Å². The molecule has 90 valence electrons. The van der Waals surface area contributed by atoms with Crippen molar-refractivity contribution < 1.29 is 4.74 Å². The van der Waals surface area contributed by atoms with Gasteiger partial charge in [-0.2, -0.15) is 5.10 Å². The summed E-state index contributed by atoms with van der Waals surface area (Å²) in [6, 6.07) is 1.98. The van der Waals surface area contributed by atoms with Gasteiger partial charge in [-0.1, -0.05) is 0 Å². The Bertz CT molecular complexity index is 339. The largest absolute Gasteiger partial charge is 0.383 e. The SMILES string of the molecule is COCCNC(=S)N(C)Cc1ccnn1C. The number of hydrogen-bond donors (Lipinski definition) is 1. The number of aromatic nitrogens is 2. The van der Waals surface area contributed by atoms with E-state index in [2.05, 4.69) is 10.4 Å². The van der Waals surface area contributed by atoms with Gasteiger partial charge in [-0.05, 0) is 18.3 Å². The standard InChI is InChI=1S/C10H18N4OS/c1-13(10(16)11-6-7-15-3)8-9-4-5-12-14(9)2/h4-5H,6-8H2,1-3H3,(H,11,16). The van der Waals surface area contributed by atoms with Crippen molar-refractivity contribution >= 4 is 17.3 Å². The summed E-state index contributed by atoms with van der Waals surface area (Å²) in [5, 5.41) is 7.95. The van der Waals surface area contributed by atoms with Crippen molar-refractivity contribution in [2.24, 2.45) is 7.05 Å². The zero-order valence-electron chi connectivity index (χ0n) is 9.93. The third kappa shape index (κ3) is 3.79. The maximum absolute atomic E-state index is 5.24. The molecule has 6 heteroatoms. The first kappa shape index (κ1) is 12.9. The monoisotopic (exact) mass is 242 g/mol. The average Bonchev–Trinajstić information content (AvgIpc) is 2.64. The van der Waals surface area contributed by atoms with E-state index in [-0.39, 0.29) is 0 Å². The summed E-state index contributed by atoms with van der Waals surface area (Å²) in [4.78, 5) is 1.97. The fourth-order valence-corrected chi connectivity index (χ4v) is 1.43. The van der Waals surface area contributed by atoms with Crippen LogP contribution in [-0.4, -0.2) is 47.1 Å². The predicted molar refractivity (Wildman–Crippen MR) is 67.2 cm³/mol. The second kappa shape index (κ2) is 6.44. The molecule has 0 radical (unpaired) electrons. The van der Waals surface area contributed by atoms with E-state index in [0.717, 1.165) is 23.9 Å². The van der Waals surface area contributed by atoms with Crippen LogP contribution in [0.15, 0.2) is 12.3 Å². The zero-order chi connectivity index (χ0) is 12.0. The molecule has 1 heterocycles. The first-order chi connectivity index (χ1) is 7.65. The minimum Gasteiger partial charge on any atom is -0.383 e. The number of hydrogen-bond acceptors (Lipinski definition) is 3. The summed E-state index contributed by atoms with van der Waals surface area (Å²) in [5.74, 6) is 0. The minimum atomic E-state index is 0.652. The highest BCUT2D eigenvalue weighted by atomic mass is 32.1. The van der Waals surface area contributed by atoms with E-state index in [1.807, 2.05) is 29.7 Å². The first-order valence-corrected chi connectivity index (χ1v) is 5.50. The van der Waals surface area contributed by atoms with E-state index in [1.54, 1.807) is 13.3 Å². The van der Waals surface area contributed by atoms with Crippen LogP contribution in [0, 0.1) is 0 Å². The van der Waals surface area contributed by atoms with E-state index in [1.165, 1.54) is 0 Å². The Morgan fingerprint density at radius 2 is 2.44 bits per heavy atom. The van der Waals surface area contributed by atoms with Crippen LogP contribution in [0.2, 0.25) is 0 Å². The van der Waals surface area contributed by atoms with Crippen molar-refractivity contribution in [2.75, 3.05) is 27.3 Å². The molecular formula is C10H18N4OS. The second-order valence-electron chi connectivity index (χ2n) is 3.53. The van der Waals surface area contributed by atoms with Gasteiger partial charge < -0.3 is 15.0 Å². The molecule has 0 saturated carbocycles. The van der Waals surface area contributed by atoms with Crippen LogP contribution in [-0.2, 0) is 18.3 Å². The van der Waals surface area contributed by atoms with E-state index in [9.17, 15) is 0 Å². The van der Waals surface area contributed by atoms with Crippen molar-refractivity contribution in [3.63, 3.8) is 0 Å². The normalized spacial score (nSPS) is 10.2. The lowest BCUT2D eigenvalue weighted by atomic mass is 10.4. The molecule has 0 fully saturated rings. The summed E-state index contributed by atoms with van der Waals surface area (Å²) in [5.41, 5.74) is 1.12. The molecule has 0 aliphatic carbocycles. The topological polar surface area (TPSA) is 42.3 Å². The van der Waals surface area contributed by atoms with Gasteiger partial charge in [0, 0.05) is 33.9 Å². The molecular weight excluding hydrogens is 224 g/mol. The summed E-state index contributed by atoms with van der Waals surface area (Å²) in [6.45, 7) is 2.13. The molecule has 1 N–H and O–H groups in total. The van der Waals surface area contributed by atoms with Crippen molar-refractivity contribution in [3.8, 4) is 0 Å². The molecule has 0 atom stereocenters. The van der Waals surface area contributed by atoms with Gasteiger partial charge in [0.25, 0.3) is 0 Å². The highest BCUT2D eigenvalue weighted by Gasteiger charge is 2.06. The molecule has 1 aromatic heterocycles. The molecule has 0 aliphatic rings. The molecule has 5 nitrogen and oxygen atoms in total. The number of nitrogens with zero attached hydrogens (tertiary/aromatic N) is 3. The fourth-order valence-electron chi connectivity index (χ4n) is 1.27. The van der Waals surface area contributed by atoms with Crippen LogP contribution in [0.25, 0.3) is 0 Å². The summed E-state index contributed by atoms with van der Waals surface area (Å²) in [6.07, 6.45) is 1.78. The highest BCUT2D eigenvalue weighted by Crippen LogP contribution is 2.01. The molecule has 1 aromatic rings. The fraction of sp³-hybridized carbons (Fsp3) is 0.600. The molecule has 0 spiro atoms. The molecule has 0 aromatic carbocycles. The molecule has 0 saturated heterocycles. The van der Waals surface area contributed by atoms with Crippen LogP contribution in [0.3, 0.4) is 0 Å². The Balaban J connectivity index is 2.37. The van der Waals surface area contributed by atoms with Gasteiger partial charge in [0.1, 0.15) is 0 Å². The van der Waals surface area contributed by atoms with E-state index in [0.29, 0.717) is 6.61 Å². The molecule has 0 unspecified atom stereocenters. The van der Waals surface area contributed by atoms with Crippen molar-refractivity contribution in [1.82, 2.24) is 20.0 Å². The Labute approximate surface area is 101 Å². The van der Waals surface area contributed by atoms with Gasteiger partial charge in [0.2, 0.25) is 0 Å². The maximum atomic E-state index is 5.24. The third-order valence-corrected chi connectivity index (χ3v) is 2.71. The maximum Gasteiger partial charge on any atom is 0.169 e. The summed E-state index contributed by atoms with van der Waals surface area (Å²) >= 11 is 5.24. The number of aryl methyl sites for hydroxylation is 1. The van der Waals surface area contributed by atoms with Crippen LogP contribution >= 0.6 is 12.2 Å². The molecule has 16 heavy (non-hydrogen) atoms. The van der Waals surface area contributed by atoms with Crippen molar-refractivity contribution in [1.29, 1.82) is 0 Å². The second-order valence-corrected chi connectivity index (χ2v) is 3.91. The minimum absolute atomic E-state index is 0.652. The number of thiocarbonyl (C=S) groups is 1. The zero-order valence-corrected chi connectivity index (χ0v) is 10.8. The van der Waals surface area contributed by atoms with E-state index >= 15 is 0 Å². The summed E-state index contributed by atoms with van der Waals surface area (Å²) in [7, 11) is 5.55. The average molecular weight is 242 g/mol. The van der Waals surface area contributed by atoms with Crippen LogP contribution in [0.1, 0.15) is 5.69 Å². The van der Waals surface area contributed by atoms with Gasteiger partial charge >= 0.3 is 0 Å². The third-order valence-electron chi connectivity index (χ3n) is 2.25. The molecule has 0 amide bonds. The number of rotatable bonds is 5. The quantitative estimate of drug-likeness (QED) is 0.597. The van der Waals surface area contributed by atoms with Gasteiger partial charge in [0.15, 0.2) is 5.11 Å². The lowest BCUT2D eigenvalue weighted by Gasteiger charge is -2.20. The van der Waals surface area contributed by atoms with E-state index < -0.39 is 0 Å². The lowest BCUT2D eigenvalue weighted by molar-refractivity contribution is 0.203. The van der Waals surface area contributed by atoms with Gasteiger partial charge in [-0.3, -0.25) is 4.68 Å². The Morgan fingerprint density at radius 3 is 3.00 bits per heavy atom. The Morgan fingerprint density at radius 1 is 1.69 bits per heavy atom. The van der Waals surface area contributed by atoms with Gasteiger partial charge in [-0.25, -0.2) is 0 Å². The van der Waals surface area contributed by atoms with E-state index in [4.69, 9.17) is 17.0 Å². The molecule has 1 rings (SSSR count). The van der Waals surface area contributed by atoms with Crippen molar-refractivity contribution in [3.05, 3.63) is 18.0 Å². The van der Waals surface area contributed by atoms with Crippen molar-refractivity contribution in [2.45, 2.75) is 6.54 Å². The number of ether oxygens (including phenoxy) is 1. The molecule has 0 bridgehead atoms. The lowest BCUT2D eigenvalue weighted by Crippen LogP contribution is -2.38. The number of nitrogens with one attached hydrogen (secondary N) is 1. The van der Waals surface area contributed by atoms with Gasteiger partial charge in [0.05, 0.1) is 18.8 Å². The smallest absolute Gasteiger partial charge is 0.169 e. The Hall–Kier alpha value is -1.14. The summed E-state index contributed by atoms with van der Waals surface area (Å²) < 4.78 is 6.78. The van der Waals surface area contributed by atoms with Crippen LogP contribution < -0.4 is 5.32 Å². The number of methoxy groups -OCH3 is 1. The van der Waals surface area contributed by atoms with Crippen LogP contribution in [0.5, 0.6) is 0 Å². The van der Waals surface area contributed by atoms with Crippen LogP contribution in [0.4, 0.5) is 0 Å².